The van der Waals surface area contributed by atoms with E-state index in [9.17, 15) is 31.1 Å². The molecular formula is C22H24ClF6N3O3. The van der Waals surface area contributed by atoms with E-state index in [2.05, 4.69) is 5.43 Å². The molecule has 3 rings (SSSR count). The highest BCUT2D eigenvalue weighted by molar-refractivity contribution is 5.85. The van der Waals surface area contributed by atoms with E-state index in [4.69, 9.17) is 9.84 Å². The van der Waals surface area contributed by atoms with Crippen molar-refractivity contribution in [2.75, 3.05) is 13.2 Å². The van der Waals surface area contributed by atoms with Crippen LogP contribution in [0.4, 0.5) is 31.1 Å². The maximum atomic E-state index is 13.2. The summed E-state index contributed by atoms with van der Waals surface area (Å²) in [6.45, 7) is 0.249. The molecule has 0 unspecified atom stereocenters. The Bertz CT molecular complexity index is 943. The van der Waals surface area contributed by atoms with E-state index in [1.807, 2.05) is 22.5 Å². The van der Waals surface area contributed by atoms with Crippen LogP contribution >= 0.6 is 12.4 Å². The molecular weight excluding hydrogens is 504 g/mol. The van der Waals surface area contributed by atoms with Crippen LogP contribution in [0, 0.1) is 0 Å². The van der Waals surface area contributed by atoms with Crippen molar-refractivity contribution in [3.05, 3.63) is 70.8 Å². The van der Waals surface area contributed by atoms with Crippen LogP contribution in [0.25, 0.3) is 0 Å². The average Bonchev–Trinajstić information content (AvgIpc) is 2.76. The van der Waals surface area contributed by atoms with Crippen LogP contribution < -0.4 is 10.9 Å². The van der Waals surface area contributed by atoms with Crippen LogP contribution in [0.1, 0.15) is 41.1 Å². The lowest BCUT2D eigenvalue weighted by Gasteiger charge is -2.41. The molecule has 2 aromatic rings. The monoisotopic (exact) mass is 527 g/mol. The number of carboxylic acid groups (broad SMARTS) is 1. The second-order valence-electron chi connectivity index (χ2n) is 7.84. The Kier molecular flexibility index (Phi) is 9.78. The highest BCUT2D eigenvalue weighted by Gasteiger charge is 2.37. The van der Waals surface area contributed by atoms with Gasteiger partial charge < -0.3 is 9.84 Å². The number of piperidine rings is 1. The van der Waals surface area contributed by atoms with Gasteiger partial charge in [-0.05, 0) is 42.2 Å². The van der Waals surface area contributed by atoms with Gasteiger partial charge in [-0.15, -0.1) is 12.4 Å². The van der Waals surface area contributed by atoms with Gasteiger partial charge in [0.25, 0.3) is 0 Å². The minimum atomic E-state index is -4.94. The van der Waals surface area contributed by atoms with Gasteiger partial charge in [0.1, 0.15) is 0 Å². The summed E-state index contributed by atoms with van der Waals surface area (Å²) < 4.78 is 84.9. The Morgan fingerprint density at radius 1 is 1.03 bits per heavy atom. The lowest BCUT2D eigenvalue weighted by molar-refractivity contribution is -0.143. The van der Waals surface area contributed by atoms with Crippen LogP contribution in [0.5, 0.6) is 0 Å². The highest BCUT2D eigenvalue weighted by atomic mass is 35.5. The maximum absolute atomic E-state index is 13.2. The van der Waals surface area contributed by atoms with Gasteiger partial charge in [-0.2, -0.15) is 26.3 Å². The van der Waals surface area contributed by atoms with Gasteiger partial charge in [-0.3, -0.25) is 10.3 Å². The largest absolute Gasteiger partial charge is 0.464 e. The van der Waals surface area contributed by atoms with E-state index in [-0.39, 0.29) is 30.7 Å². The molecule has 0 saturated carbocycles. The first-order valence-corrected chi connectivity index (χ1v) is 10.4. The molecule has 35 heavy (non-hydrogen) atoms. The van der Waals surface area contributed by atoms with Crippen molar-refractivity contribution in [1.82, 2.24) is 15.8 Å². The van der Waals surface area contributed by atoms with Crippen LogP contribution in [-0.2, 0) is 23.7 Å². The summed E-state index contributed by atoms with van der Waals surface area (Å²) in [6, 6.07) is 10.1. The Labute approximate surface area is 203 Å². The van der Waals surface area contributed by atoms with Crippen molar-refractivity contribution in [2.45, 2.75) is 43.9 Å². The topological polar surface area (TPSA) is 73.8 Å². The van der Waals surface area contributed by atoms with Crippen molar-refractivity contribution in [2.24, 2.45) is 0 Å². The third-order valence-corrected chi connectivity index (χ3v) is 5.41. The fraction of sp³-hybridized carbons (Fsp3) is 0.409. The van der Waals surface area contributed by atoms with Crippen LogP contribution in [-0.4, -0.2) is 35.4 Å². The molecule has 3 N–H and O–H groups in total. The molecule has 2 atom stereocenters. The number of alkyl halides is 6. The molecule has 1 saturated heterocycles. The number of hydrazine groups is 1. The smallest absolute Gasteiger partial charge is 0.419 e. The number of benzene rings is 2. The zero-order valence-corrected chi connectivity index (χ0v) is 19.0. The Morgan fingerprint density at radius 2 is 1.63 bits per heavy atom. The molecule has 1 amide bonds. The fourth-order valence-electron chi connectivity index (χ4n) is 3.98. The van der Waals surface area contributed by atoms with Crippen molar-refractivity contribution in [1.29, 1.82) is 0 Å². The standard InChI is InChI=1S/C22H23F6N3O3.ClH/c23-21(24,25)16-9-14(10-17(11-16)22(26,27)28)12-34-18-7-4-8-31(13-29-30-20(32)33)19(18)15-5-2-1-3-6-15;/h1-3,5-6,9-11,18-19,29-30H,4,7-8,12-13H2,(H,32,33);1H/t18-,19-;/m1./s1. The van der Waals surface area contributed by atoms with Gasteiger partial charge in [0.2, 0.25) is 0 Å². The summed E-state index contributed by atoms with van der Waals surface area (Å²) in [7, 11) is 0. The number of halogens is 7. The van der Waals surface area contributed by atoms with E-state index < -0.39 is 48.3 Å². The molecule has 13 heteroatoms. The molecule has 2 aromatic carbocycles. The summed E-state index contributed by atoms with van der Waals surface area (Å²) in [5.74, 6) is 0. The number of hydrogen-bond acceptors (Lipinski definition) is 4. The molecule has 1 heterocycles. The zero-order valence-electron chi connectivity index (χ0n) is 18.2. The first kappa shape index (κ1) is 28.7. The van der Waals surface area contributed by atoms with E-state index in [0.29, 0.717) is 31.5 Å². The number of rotatable bonds is 7. The van der Waals surface area contributed by atoms with E-state index in [0.717, 1.165) is 5.56 Å². The number of ether oxygens (including phenoxy) is 1. The maximum Gasteiger partial charge on any atom is 0.419 e. The second kappa shape index (κ2) is 11.9. The first-order chi connectivity index (χ1) is 15.9. The fourth-order valence-corrected chi connectivity index (χ4v) is 3.98. The van der Waals surface area contributed by atoms with Gasteiger partial charge in [0, 0.05) is 6.54 Å². The Balaban J connectivity index is 0.00000432. The third kappa shape index (κ3) is 7.99. The number of nitrogens with one attached hydrogen (secondary N) is 2. The number of amides is 1. The highest BCUT2D eigenvalue weighted by Crippen LogP contribution is 2.37. The lowest BCUT2D eigenvalue weighted by atomic mass is 9.92. The van der Waals surface area contributed by atoms with Crippen molar-refractivity contribution < 1.29 is 41.0 Å². The summed E-state index contributed by atoms with van der Waals surface area (Å²) in [6.07, 6.45) is -10.5. The summed E-state index contributed by atoms with van der Waals surface area (Å²) >= 11 is 0. The van der Waals surface area contributed by atoms with E-state index in [1.165, 1.54) is 0 Å². The van der Waals surface area contributed by atoms with E-state index in [1.54, 1.807) is 18.2 Å². The number of carbonyl (C=O) groups is 1. The summed E-state index contributed by atoms with van der Waals surface area (Å²) in [5, 5.41) is 8.77. The van der Waals surface area contributed by atoms with Crippen molar-refractivity contribution in [3.63, 3.8) is 0 Å². The summed E-state index contributed by atoms with van der Waals surface area (Å²) in [4.78, 5) is 12.6. The number of hydrogen-bond donors (Lipinski definition) is 3. The van der Waals surface area contributed by atoms with Crippen LogP contribution in [0.3, 0.4) is 0 Å². The molecule has 194 valence electrons. The van der Waals surface area contributed by atoms with Gasteiger partial charge in [-0.25, -0.2) is 10.2 Å². The normalized spacial score (nSPS) is 19.1. The second-order valence-corrected chi connectivity index (χ2v) is 7.84. The molecule has 1 aliphatic heterocycles. The van der Waals surface area contributed by atoms with Crippen LogP contribution in [0.2, 0.25) is 0 Å². The quantitative estimate of drug-likeness (QED) is 0.323. The zero-order chi connectivity index (χ0) is 24.9. The van der Waals surface area contributed by atoms with Gasteiger partial charge >= 0.3 is 18.4 Å². The van der Waals surface area contributed by atoms with E-state index >= 15 is 0 Å². The number of nitrogens with zero attached hydrogens (tertiary/aromatic N) is 1. The van der Waals surface area contributed by atoms with Gasteiger partial charge in [0.15, 0.2) is 0 Å². The van der Waals surface area contributed by atoms with Gasteiger partial charge in [0.05, 0.1) is 36.5 Å². The van der Waals surface area contributed by atoms with Crippen molar-refractivity contribution >= 4 is 18.5 Å². The predicted octanol–water partition coefficient (Wildman–Crippen LogP) is 5.60. The molecule has 1 fully saturated rings. The molecule has 0 bridgehead atoms. The minimum Gasteiger partial charge on any atom is -0.464 e. The molecule has 1 aliphatic rings. The molecule has 0 aliphatic carbocycles. The van der Waals surface area contributed by atoms with Crippen LogP contribution in [0.15, 0.2) is 48.5 Å². The molecule has 0 aromatic heterocycles. The Hall–Kier alpha value is -2.54. The average molecular weight is 528 g/mol. The van der Waals surface area contributed by atoms with Crippen molar-refractivity contribution in [3.8, 4) is 0 Å². The first-order valence-electron chi connectivity index (χ1n) is 10.4. The Morgan fingerprint density at radius 3 is 2.17 bits per heavy atom. The minimum absolute atomic E-state index is 0. The molecule has 6 nitrogen and oxygen atoms in total. The predicted molar refractivity (Wildman–Crippen MR) is 117 cm³/mol. The summed E-state index contributed by atoms with van der Waals surface area (Å²) in [5.41, 5.74) is 2.41. The number of likely N-dealkylation sites (tertiary alicyclic amines) is 1. The molecule has 0 radical (unpaired) electrons. The third-order valence-electron chi connectivity index (χ3n) is 5.41. The lowest BCUT2D eigenvalue weighted by Crippen LogP contribution is -2.50. The SMILES string of the molecule is Cl.O=C(O)NNCN1CCC[C@@H](OCc2cc(C(F)(F)F)cc(C(F)(F)F)c2)[C@H]1c1ccccc1. The molecule has 0 spiro atoms. The van der Waals surface area contributed by atoms with Gasteiger partial charge in [-0.1, -0.05) is 30.3 Å².